The number of rotatable bonds is 7. The molecule has 0 aromatic carbocycles. The number of ether oxygens (including phenoxy) is 1. The predicted octanol–water partition coefficient (Wildman–Crippen LogP) is 3.07. The Morgan fingerprint density at radius 3 is 2.94 bits per heavy atom. The SMILES string of the molecule is COCCNC/C(=C/c1ncc(Cl)s1)C(C)C. The van der Waals surface area contributed by atoms with Gasteiger partial charge in [0.25, 0.3) is 0 Å². The first-order valence-electron chi connectivity index (χ1n) is 5.65. The van der Waals surface area contributed by atoms with Crippen LogP contribution in [0.3, 0.4) is 0 Å². The molecule has 1 N–H and O–H groups in total. The van der Waals surface area contributed by atoms with Crippen molar-refractivity contribution in [3.63, 3.8) is 0 Å². The Kier molecular flexibility index (Phi) is 6.73. The Balaban J connectivity index is 2.56. The first-order chi connectivity index (χ1) is 8.13. The number of hydrogen-bond donors (Lipinski definition) is 1. The third-order valence-electron chi connectivity index (χ3n) is 2.36. The fourth-order valence-electron chi connectivity index (χ4n) is 1.32. The predicted molar refractivity (Wildman–Crippen MR) is 74.7 cm³/mol. The minimum absolute atomic E-state index is 0.493. The van der Waals surface area contributed by atoms with E-state index in [0.29, 0.717) is 5.92 Å². The van der Waals surface area contributed by atoms with Crippen LogP contribution in [-0.2, 0) is 4.74 Å². The van der Waals surface area contributed by atoms with Gasteiger partial charge >= 0.3 is 0 Å². The van der Waals surface area contributed by atoms with E-state index < -0.39 is 0 Å². The van der Waals surface area contributed by atoms with Crippen LogP contribution in [0.2, 0.25) is 4.34 Å². The minimum Gasteiger partial charge on any atom is -0.383 e. The van der Waals surface area contributed by atoms with Crippen LogP contribution in [0.5, 0.6) is 0 Å². The molecule has 0 spiro atoms. The Morgan fingerprint density at radius 2 is 2.41 bits per heavy atom. The van der Waals surface area contributed by atoms with Crippen molar-refractivity contribution >= 4 is 29.0 Å². The molecule has 0 unspecified atom stereocenters. The lowest BCUT2D eigenvalue weighted by atomic mass is 10.0. The lowest BCUT2D eigenvalue weighted by Gasteiger charge is -2.12. The summed E-state index contributed by atoms with van der Waals surface area (Å²) < 4.78 is 5.72. The topological polar surface area (TPSA) is 34.1 Å². The van der Waals surface area contributed by atoms with Gasteiger partial charge in [-0.2, -0.15) is 0 Å². The fraction of sp³-hybridized carbons (Fsp3) is 0.583. The monoisotopic (exact) mass is 274 g/mol. The van der Waals surface area contributed by atoms with Gasteiger partial charge in [-0.15, -0.1) is 11.3 Å². The van der Waals surface area contributed by atoms with Crippen molar-refractivity contribution in [3.05, 3.63) is 21.1 Å². The Bertz CT molecular complexity index is 363. The van der Waals surface area contributed by atoms with Gasteiger partial charge in [-0.3, -0.25) is 0 Å². The van der Waals surface area contributed by atoms with E-state index in [0.717, 1.165) is 29.0 Å². The number of aromatic nitrogens is 1. The molecule has 96 valence electrons. The molecule has 0 aliphatic carbocycles. The lowest BCUT2D eigenvalue weighted by molar-refractivity contribution is 0.200. The number of methoxy groups -OCH3 is 1. The van der Waals surface area contributed by atoms with Crippen molar-refractivity contribution in [1.82, 2.24) is 10.3 Å². The molecule has 1 heterocycles. The van der Waals surface area contributed by atoms with E-state index >= 15 is 0 Å². The molecule has 5 heteroatoms. The summed E-state index contributed by atoms with van der Waals surface area (Å²) in [5, 5.41) is 4.31. The number of nitrogens with zero attached hydrogens (tertiary/aromatic N) is 1. The zero-order valence-corrected chi connectivity index (χ0v) is 12.1. The minimum atomic E-state index is 0.493. The molecule has 0 aliphatic rings. The Hall–Kier alpha value is -0.420. The first-order valence-corrected chi connectivity index (χ1v) is 6.84. The molecule has 17 heavy (non-hydrogen) atoms. The summed E-state index contributed by atoms with van der Waals surface area (Å²) in [7, 11) is 1.71. The molecule has 1 aromatic heterocycles. The van der Waals surface area contributed by atoms with Crippen molar-refractivity contribution in [2.45, 2.75) is 13.8 Å². The van der Waals surface area contributed by atoms with Crippen LogP contribution < -0.4 is 5.32 Å². The smallest absolute Gasteiger partial charge is 0.117 e. The molecule has 0 aliphatic heterocycles. The molecule has 0 saturated heterocycles. The van der Waals surface area contributed by atoms with E-state index in [1.54, 1.807) is 13.3 Å². The average Bonchev–Trinajstić information content (AvgIpc) is 2.68. The van der Waals surface area contributed by atoms with E-state index in [1.807, 2.05) is 0 Å². The third kappa shape index (κ3) is 5.64. The maximum atomic E-state index is 5.86. The molecule has 0 bridgehead atoms. The highest BCUT2D eigenvalue weighted by Gasteiger charge is 2.05. The zero-order valence-electron chi connectivity index (χ0n) is 10.5. The average molecular weight is 275 g/mol. The van der Waals surface area contributed by atoms with E-state index in [4.69, 9.17) is 16.3 Å². The number of hydrogen-bond acceptors (Lipinski definition) is 4. The van der Waals surface area contributed by atoms with Crippen LogP contribution in [-0.4, -0.2) is 31.8 Å². The van der Waals surface area contributed by atoms with Gasteiger partial charge in [0.2, 0.25) is 0 Å². The second kappa shape index (κ2) is 7.82. The van der Waals surface area contributed by atoms with Crippen molar-refractivity contribution in [2.24, 2.45) is 5.92 Å². The van der Waals surface area contributed by atoms with Gasteiger partial charge in [0.05, 0.1) is 12.8 Å². The maximum absolute atomic E-state index is 5.86. The number of nitrogens with one attached hydrogen (secondary N) is 1. The molecule has 0 saturated carbocycles. The van der Waals surface area contributed by atoms with Gasteiger partial charge in [-0.1, -0.05) is 31.0 Å². The molecular weight excluding hydrogens is 256 g/mol. The highest BCUT2D eigenvalue weighted by molar-refractivity contribution is 7.16. The number of halogens is 1. The van der Waals surface area contributed by atoms with Gasteiger partial charge < -0.3 is 10.1 Å². The largest absolute Gasteiger partial charge is 0.383 e. The number of thiazole rings is 1. The third-order valence-corrected chi connectivity index (χ3v) is 3.42. The maximum Gasteiger partial charge on any atom is 0.117 e. The standard InChI is InChI=1S/C12H19ClN2OS/c1-9(2)10(7-14-4-5-16-3)6-12-15-8-11(13)17-12/h6,8-9,14H,4-5,7H2,1-3H3/b10-6-. The van der Waals surface area contributed by atoms with Crippen molar-refractivity contribution < 1.29 is 4.74 Å². The summed E-state index contributed by atoms with van der Waals surface area (Å²) in [5.74, 6) is 0.493. The lowest BCUT2D eigenvalue weighted by Crippen LogP contribution is -2.23. The summed E-state index contributed by atoms with van der Waals surface area (Å²) in [6.45, 7) is 6.81. The Morgan fingerprint density at radius 1 is 1.65 bits per heavy atom. The second-order valence-corrected chi connectivity index (χ2v) is 5.74. The van der Waals surface area contributed by atoms with Crippen molar-refractivity contribution in [1.29, 1.82) is 0 Å². The zero-order chi connectivity index (χ0) is 12.7. The van der Waals surface area contributed by atoms with E-state index in [2.05, 4.69) is 30.2 Å². The fourth-order valence-corrected chi connectivity index (χ4v) is 2.23. The molecule has 1 rings (SSSR count). The van der Waals surface area contributed by atoms with Crippen LogP contribution in [0.1, 0.15) is 18.9 Å². The van der Waals surface area contributed by atoms with E-state index in [-0.39, 0.29) is 0 Å². The summed E-state index contributed by atoms with van der Waals surface area (Å²) >= 11 is 7.37. The van der Waals surface area contributed by atoms with Crippen LogP contribution >= 0.6 is 22.9 Å². The summed E-state index contributed by atoms with van der Waals surface area (Å²) in [4.78, 5) is 4.24. The summed E-state index contributed by atoms with van der Waals surface area (Å²) in [6.07, 6.45) is 3.80. The van der Waals surface area contributed by atoms with Gasteiger partial charge in [0.1, 0.15) is 9.34 Å². The molecule has 0 atom stereocenters. The van der Waals surface area contributed by atoms with Gasteiger partial charge in [0.15, 0.2) is 0 Å². The molecule has 0 fully saturated rings. The van der Waals surface area contributed by atoms with Gasteiger partial charge in [-0.25, -0.2) is 4.98 Å². The second-order valence-electron chi connectivity index (χ2n) is 4.05. The van der Waals surface area contributed by atoms with Gasteiger partial charge in [-0.05, 0) is 12.0 Å². The van der Waals surface area contributed by atoms with Crippen LogP contribution in [0.15, 0.2) is 11.8 Å². The molecule has 1 aromatic rings. The van der Waals surface area contributed by atoms with Crippen molar-refractivity contribution in [3.8, 4) is 0 Å². The van der Waals surface area contributed by atoms with Crippen LogP contribution in [0.4, 0.5) is 0 Å². The molecular formula is C12H19ClN2OS. The Labute approximate surface area is 112 Å². The van der Waals surface area contributed by atoms with Gasteiger partial charge in [0, 0.05) is 20.2 Å². The summed E-state index contributed by atoms with van der Waals surface area (Å²) in [5.41, 5.74) is 1.33. The summed E-state index contributed by atoms with van der Waals surface area (Å²) in [6, 6.07) is 0. The van der Waals surface area contributed by atoms with E-state index in [9.17, 15) is 0 Å². The first kappa shape index (κ1) is 14.6. The highest BCUT2D eigenvalue weighted by atomic mass is 35.5. The van der Waals surface area contributed by atoms with Crippen molar-refractivity contribution in [2.75, 3.05) is 26.8 Å². The molecule has 3 nitrogen and oxygen atoms in total. The van der Waals surface area contributed by atoms with Crippen LogP contribution in [0, 0.1) is 5.92 Å². The quantitative estimate of drug-likeness (QED) is 0.776. The normalized spacial score (nSPS) is 12.4. The molecule has 0 radical (unpaired) electrons. The van der Waals surface area contributed by atoms with E-state index in [1.165, 1.54) is 16.9 Å². The molecule has 0 amide bonds. The van der Waals surface area contributed by atoms with Crippen LogP contribution in [0.25, 0.3) is 6.08 Å². The highest BCUT2D eigenvalue weighted by Crippen LogP contribution is 2.22.